The fourth-order valence-corrected chi connectivity index (χ4v) is 4.18. The third-order valence-corrected chi connectivity index (χ3v) is 5.83. The Bertz CT molecular complexity index is 1400. The number of rotatable bonds is 7. The first kappa shape index (κ1) is 20.3. The van der Waals surface area contributed by atoms with E-state index >= 15 is 0 Å². The van der Waals surface area contributed by atoms with Gasteiger partial charge in [-0.2, -0.15) is 5.10 Å². The number of nitrogens with zero attached hydrogens (tertiary/aromatic N) is 5. The summed E-state index contributed by atoms with van der Waals surface area (Å²) in [7, 11) is 1.85. The van der Waals surface area contributed by atoms with E-state index in [0.29, 0.717) is 22.5 Å². The number of aliphatic hydroxyl groups excluding tert-OH is 2. The molecule has 0 aliphatic carbocycles. The lowest BCUT2D eigenvalue weighted by Crippen LogP contribution is -2.25. The summed E-state index contributed by atoms with van der Waals surface area (Å²) in [6, 6.07) is 9.67. The number of nitrogens with one attached hydrogen (secondary N) is 1. The highest BCUT2D eigenvalue weighted by molar-refractivity contribution is 7.16. The quantitative estimate of drug-likeness (QED) is 0.348. The van der Waals surface area contributed by atoms with Gasteiger partial charge >= 0.3 is 0 Å². The normalized spacial score (nSPS) is 11.5. The standard InChI is InChI=1S/C22H20N6O3S/c1-28-8-14(7-26-28)13-4-18-21(19(5-13)31-16(9-29)10-30)22(24-11-23-18)27-15-2-3-17-20(6-15)32-12-25-17/h2-8,11-12,16,29-30H,9-10H2,1H3,(H,23,24,27). The second-order valence-electron chi connectivity index (χ2n) is 7.26. The molecule has 5 aromatic rings. The van der Waals surface area contributed by atoms with Crippen LogP contribution in [-0.2, 0) is 7.05 Å². The Labute approximate surface area is 187 Å². The third-order valence-electron chi connectivity index (χ3n) is 5.03. The van der Waals surface area contributed by atoms with Crippen LogP contribution in [0.4, 0.5) is 11.5 Å². The smallest absolute Gasteiger partial charge is 0.145 e. The average Bonchev–Trinajstić information content (AvgIpc) is 3.45. The second kappa shape index (κ2) is 8.50. The molecule has 0 radical (unpaired) electrons. The highest BCUT2D eigenvalue weighted by atomic mass is 32.1. The minimum atomic E-state index is -0.774. The van der Waals surface area contributed by atoms with Crippen LogP contribution >= 0.6 is 11.3 Å². The molecule has 10 heteroatoms. The van der Waals surface area contributed by atoms with Crippen LogP contribution in [0.25, 0.3) is 32.2 Å². The molecule has 0 aliphatic rings. The number of thiazole rings is 1. The Kier molecular flexibility index (Phi) is 5.39. The van der Waals surface area contributed by atoms with Gasteiger partial charge in [-0.05, 0) is 35.9 Å². The topological polar surface area (TPSA) is 118 Å². The predicted molar refractivity (Wildman–Crippen MR) is 123 cm³/mol. The van der Waals surface area contributed by atoms with E-state index in [1.807, 2.05) is 49.1 Å². The van der Waals surface area contributed by atoms with Gasteiger partial charge in [0.15, 0.2) is 0 Å². The minimum absolute atomic E-state index is 0.326. The van der Waals surface area contributed by atoms with Crippen molar-refractivity contribution < 1.29 is 14.9 Å². The maximum atomic E-state index is 9.58. The summed E-state index contributed by atoms with van der Waals surface area (Å²) < 4.78 is 8.75. The molecule has 32 heavy (non-hydrogen) atoms. The Hall–Kier alpha value is -3.60. The van der Waals surface area contributed by atoms with Crippen molar-refractivity contribution in [1.29, 1.82) is 0 Å². The highest BCUT2D eigenvalue weighted by Gasteiger charge is 2.17. The Morgan fingerprint density at radius 2 is 1.94 bits per heavy atom. The molecule has 0 bridgehead atoms. The van der Waals surface area contributed by atoms with Crippen molar-refractivity contribution >= 4 is 44.0 Å². The van der Waals surface area contributed by atoms with Gasteiger partial charge in [0.1, 0.15) is 24.0 Å². The number of aliphatic hydroxyl groups is 2. The van der Waals surface area contributed by atoms with Crippen molar-refractivity contribution in [2.45, 2.75) is 6.10 Å². The van der Waals surface area contributed by atoms with Crippen LogP contribution in [0.2, 0.25) is 0 Å². The number of hydrogen-bond donors (Lipinski definition) is 3. The molecule has 5 rings (SSSR count). The van der Waals surface area contributed by atoms with E-state index in [1.54, 1.807) is 22.2 Å². The molecule has 0 atom stereocenters. The first-order valence-electron chi connectivity index (χ1n) is 9.91. The van der Waals surface area contributed by atoms with Gasteiger partial charge in [-0.15, -0.1) is 11.3 Å². The fourth-order valence-electron chi connectivity index (χ4n) is 3.46. The number of anilines is 2. The summed E-state index contributed by atoms with van der Waals surface area (Å²) in [6.07, 6.45) is 4.36. The number of aromatic nitrogens is 5. The maximum absolute atomic E-state index is 9.58. The summed E-state index contributed by atoms with van der Waals surface area (Å²) in [6.45, 7) is -0.652. The molecule has 3 aromatic heterocycles. The predicted octanol–water partition coefficient (Wildman–Crippen LogP) is 3.12. The van der Waals surface area contributed by atoms with Crippen LogP contribution in [0.3, 0.4) is 0 Å². The van der Waals surface area contributed by atoms with Crippen molar-refractivity contribution in [2.24, 2.45) is 7.05 Å². The zero-order valence-corrected chi connectivity index (χ0v) is 18.0. The monoisotopic (exact) mass is 448 g/mol. The molecule has 0 amide bonds. The minimum Gasteiger partial charge on any atom is -0.485 e. The molecule has 0 aliphatic heterocycles. The van der Waals surface area contributed by atoms with Gasteiger partial charge in [-0.1, -0.05) is 0 Å². The Morgan fingerprint density at radius 1 is 1.06 bits per heavy atom. The molecule has 0 unspecified atom stereocenters. The number of fused-ring (bicyclic) bond motifs is 2. The molecular formula is C22H20N6O3S. The zero-order chi connectivity index (χ0) is 22.1. The van der Waals surface area contributed by atoms with Gasteiger partial charge in [0.05, 0.1) is 46.0 Å². The van der Waals surface area contributed by atoms with E-state index in [1.165, 1.54) is 6.33 Å². The van der Waals surface area contributed by atoms with E-state index < -0.39 is 6.10 Å². The summed E-state index contributed by atoms with van der Waals surface area (Å²) in [5, 5.41) is 27.4. The van der Waals surface area contributed by atoms with Crippen molar-refractivity contribution in [3.05, 3.63) is 54.6 Å². The number of aryl methyl sites for hydroxylation is 1. The maximum Gasteiger partial charge on any atom is 0.145 e. The van der Waals surface area contributed by atoms with E-state index in [2.05, 4.69) is 25.4 Å². The van der Waals surface area contributed by atoms with E-state index in [9.17, 15) is 10.2 Å². The van der Waals surface area contributed by atoms with E-state index in [-0.39, 0.29) is 13.2 Å². The molecule has 0 spiro atoms. The van der Waals surface area contributed by atoms with Gasteiger partial charge in [-0.3, -0.25) is 4.68 Å². The van der Waals surface area contributed by atoms with Crippen molar-refractivity contribution in [3.63, 3.8) is 0 Å². The van der Waals surface area contributed by atoms with Crippen LogP contribution in [0, 0.1) is 0 Å². The third kappa shape index (κ3) is 3.86. The van der Waals surface area contributed by atoms with Crippen LogP contribution in [-0.4, -0.2) is 54.3 Å². The van der Waals surface area contributed by atoms with Crippen LogP contribution in [0.1, 0.15) is 0 Å². The highest BCUT2D eigenvalue weighted by Crippen LogP contribution is 2.37. The Morgan fingerprint density at radius 3 is 2.72 bits per heavy atom. The van der Waals surface area contributed by atoms with E-state index in [0.717, 1.165) is 27.0 Å². The zero-order valence-electron chi connectivity index (χ0n) is 17.1. The number of hydrogen-bond acceptors (Lipinski definition) is 9. The number of benzene rings is 2. The van der Waals surface area contributed by atoms with Gasteiger partial charge in [0.25, 0.3) is 0 Å². The summed E-state index contributed by atoms with van der Waals surface area (Å²) >= 11 is 1.56. The molecule has 0 fully saturated rings. The first-order chi connectivity index (χ1) is 15.6. The molecule has 2 aromatic carbocycles. The molecule has 162 valence electrons. The molecule has 3 heterocycles. The Balaban J connectivity index is 1.64. The van der Waals surface area contributed by atoms with Crippen LogP contribution in [0.15, 0.2) is 54.6 Å². The summed E-state index contributed by atoms with van der Waals surface area (Å²) in [5.74, 6) is 1.01. The average molecular weight is 449 g/mol. The first-order valence-corrected chi connectivity index (χ1v) is 10.8. The van der Waals surface area contributed by atoms with Crippen LogP contribution in [0.5, 0.6) is 5.75 Å². The lowest BCUT2D eigenvalue weighted by Gasteiger charge is -2.18. The second-order valence-corrected chi connectivity index (χ2v) is 8.14. The molecule has 0 saturated heterocycles. The molecule has 3 N–H and O–H groups in total. The molecular weight excluding hydrogens is 428 g/mol. The van der Waals surface area contributed by atoms with Gasteiger partial charge in [0, 0.05) is 24.5 Å². The van der Waals surface area contributed by atoms with Crippen LogP contribution < -0.4 is 10.1 Å². The molecule has 9 nitrogen and oxygen atoms in total. The summed E-state index contributed by atoms with van der Waals surface area (Å²) in [5.41, 5.74) is 6.01. The van der Waals surface area contributed by atoms with Gasteiger partial charge in [-0.25, -0.2) is 15.0 Å². The van der Waals surface area contributed by atoms with Crippen molar-refractivity contribution in [3.8, 4) is 16.9 Å². The lowest BCUT2D eigenvalue weighted by molar-refractivity contribution is 0.0641. The van der Waals surface area contributed by atoms with Gasteiger partial charge in [0.2, 0.25) is 0 Å². The van der Waals surface area contributed by atoms with Gasteiger partial charge < -0.3 is 20.3 Å². The molecule has 0 saturated carbocycles. The largest absolute Gasteiger partial charge is 0.485 e. The SMILES string of the molecule is Cn1cc(-c2cc(OC(CO)CO)c3c(Nc4ccc5ncsc5c4)ncnc3c2)cn1. The number of ether oxygens (including phenoxy) is 1. The fraction of sp³-hybridized carbons (Fsp3) is 0.182. The van der Waals surface area contributed by atoms with E-state index in [4.69, 9.17) is 4.74 Å². The van der Waals surface area contributed by atoms with Crippen molar-refractivity contribution in [1.82, 2.24) is 24.7 Å². The van der Waals surface area contributed by atoms with Crippen molar-refractivity contribution in [2.75, 3.05) is 18.5 Å². The lowest BCUT2D eigenvalue weighted by atomic mass is 10.1. The summed E-state index contributed by atoms with van der Waals surface area (Å²) in [4.78, 5) is 13.2.